The third-order valence-electron chi connectivity index (χ3n) is 9.36. The number of amides is 2. The molecule has 2 aliphatic heterocycles. The van der Waals surface area contributed by atoms with Gasteiger partial charge < -0.3 is 14.9 Å². The van der Waals surface area contributed by atoms with Crippen LogP contribution < -0.4 is 4.90 Å². The minimum Gasteiger partial charge on any atom is -0.481 e. The summed E-state index contributed by atoms with van der Waals surface area (Å²) in [5.74, 6) is -0.716. The molecule has 1 aliphatic carbocycles. The van der Waals surface area contributed by atoms with Crippen molar-refractivity contribution in [3.8, 4) is 11.3 Å². The molecule has 0 bridgehead atoms. The number of carbonyl (C=O) groups excluding carboxylic acids is 2. The standard InChI is InChI=1S/C31H39N7O4S/c1-35-11-13-38(14-12-35)26(39)19-37-9-7-21(8-10-37)28-24(18-32-34-28)25-20-43-30(33-25)36(2)29(42)31(17-27(40)41)15-22-5-3-4-6-23(22)16-31/h3-6,18,20-21H,7-17,19H2,1-2H3,(H,32,34)(H,40,41). The maximum Gasteiger partial charge on any atom is 0.304 e. The molecule has 4 heterocycles. The van der Waals surface area contributed by atoms with Crippen molar-refractivity contribution in [1.29, 1.82) is 0 Å². The molecule has 2 fully saturated rings. The fraction of sp³-hybridized carbons (Fsp3) is 0.516. The van der Waals surface area contributed by atoms with E-state index in [1.54, 1.807) is 13.2 Å². The lowest BCUT2D eigenvalue weighted by Gasteiger charge is -2.36. The van der Waals surface area contributed by atoms with Crippen LogP contribution in [-0.4, -0.2) is 113 Å². The molecule has 1 aromatic carbocycles. The smallest absolute Gasteiger partial charge is 0.304 e. The van der Waals surface area contributed by atoms with E-state index in [4.69, 9.17) is 4.98 Å². The van der Waals surface area contributed by atoms with Crippen molar-refractivity contribution in [1.82, 2.24) is 29.9 Å². The number of anilines is 1. The number of likely N-dealkylation sites (tertiary alicyclic amines) is 1. The largest absolute Gasteiger partial charge is 0.481 e. The molecule has 6 rings (SSSR count). The maximum absolute atomic E-state index is 13.9. The molecule has 2 amide bonds. The minimum atomic E-state index is -1.03. The molecule has 0 saturated carbocycles. The van der Waals surface area contributed by atoms with E-state index < -0.39 is 11.4 Å². The highest BCUT2D eigenvalue weighted by Crippen LogP contribution is 2.43. The Morgan fingerprint density at radius 2 is 1.74 bits per heavy atom. The van der Waals surface area contributed by atoms with Crippen LogP contribution in [-0.2, 0) is 27.2 Å². The van der Waals surface area contributed by atoms with Crippen LogP contribution in [0, 0.1) is 5.41 Å². The Hall–Kier alpha value is -3.61. The highest BCUT2D eigenvalue weighted by Gasteiger charge is 2.47. The molecule has 3 aromatic rings. The number of piperidine rings is 1. The number of nitrogens with zero attached hydrogens (tertiary/aromatic N) is 6. The number of fused-ring (bicyclic) bond motifs is 1. The van der Waals surface area contributed by atoms with Crippen LogP contribution in [0.25, 0.3) is 11.3 Å². The monoisotopic (exact) mass is 605 g/mol. The van der Waals surface area contributed by atoms with Gasteiger partial charge >= 0.3 is 5.97 Å². The normalized spacial score (nSPS) is 19.3. The van der Waals surface area contributed by atoms with Crippen LogP contribution in [0.2, 0.25) is 0 Å². The summed E-state index contributed by atoms with van der Waals surface area (Å²) in [4.78, 5) is 51.4. The van der Waals surface area contributed by atoms with Crippen LogP contribution in [0.15, 0.2) is 35.8 Å². The van der Waals surface area contributed by atoms with Gasteiger partial charge in [0.2, 0.25) is 11.8 Å². The average molecular weight is 606 g/mol. The molecule has 0 unspecified atom stereocenters. The highest BCUT2D eigenvalue weighted by molar-refractivity contribution is 7.14. The van der Waals surface area contributed by atoms with Crippen molar-refractivity contribution < 1.29 is 19.5 Å². The number of nitrogens with one attached hydrogen (secondary N) is 1. The van der Waals surface area contributed by atoms with E-state index in [1.165, 1.54) is 16.2 Å². The molecule has 0 radical (unpaired) electrons. The number of likely N-dealkylation sites (N-methyl/N-ethyl adjacent to an activating group) is 1. The SMILES string of the molecule is CN1CCN(C(=O)CN2CCC(c3[nH]ncc3-c3csc(N(C)C(=O)C4(CC(=O)O)Cc5ccccc5C4)n3)CC2)CC1. The summed E-state index contributed by atoms with van der Waals surface area (Å²) in [7, 11) is 3.78. The minimum absolute atomic E-state index is 0.217. The predicted octanol–water partition coefficient (Wildman–Crippen LogP) is 2.71. The molecule has 2 saturated heterocycles. The Morgan fingerprint density at radius 1 is 1.07 bits per heavy atom. The number of thiazole rings is 1. The lowest BCUT2D eigenvalue weighted by atomic mass is 9.80. The lowest BCUT2D eigenvalue weighted by Crippen LogP contribution is -2.50. The highest BCUT2D eigenvalue weighted by atomic mass is 32.1. The summed E-state index contributed by atoms with van der Waals surface area (Å²) in [5.41, 5.74) is 3.73. The molecular formula is C31H39N7O4S. The molecule has 228 valence electrons. The summed E-state index contributed by atoms with van der Waals surface area (Å²) in [6.07, 6.45) is 4.20. The van der Waals surface area contributed by atoms with E-state index in [1.807, 2.05) is 34.5 Å². The van der Waals surface area contributed by atoms with Gasteiger partial charge in [-0.25, -0.2) is 4.98 Å². The third-order valence-corrected chi connectivity index (χ3v) is 10.3. The van der Waals surface area contributed by atoms with Crippen LogP contribution in [0.4, 0.5) is 5.13 Å². The van der Waals surface area contributed by atoms with Crippen molar-refractivity contribution >= 4 is 34.3 Å². The molecule has 11 nitrogen and oxygen atoms in total. The van der Waals surface area contributed by atoms with Crippen LogP contribution >= 0.6 is 11.3 Å². The Balaban J connectivity index is 1.11. The second kappa shape index (κ2) is 12.2. The summed E-state index contributed by atoms with van der Waals surface area (Å²) in [5, 5.41) is 19.7. The predicted molar refractivity (Wildman–Crippen MR) is 164 cm³/mol. The van der Waals surface area contributed by atoms with Gasteiger partial charge in [-0.1, -0.05) is 24.3 Å². The number of piperazine rings is 1. The van der Waals surface area contributed by atoms with Crippen molar-refractivity contribution in [3.63, 3.8) is 0 Å². The number of hydrogen-bond donors (Lipinski definition) is 2. The fourth-order valence-electron chi connectivity index (χ4n) is 6.86. The number of carboxylic acids is 1. The lowest BCUT2D eigenvalue weighted by molar-refractivity contribution is -0.144. The molecule has 0 atom stereocenters. The first-order chi connectivity index (χ1) is 20.7. The number of rotatable bonds is 8. The topological polar surface area (TPSA) is 126 Å². The average Bonchev–Trinajstić information content (AvgIpc) is 3.75. The number of aromatic nitrogens is 3. The van der Waals surface area contributed by atoms with E-state index in [9.17, 15) is 19.5 Å². The first-order valence-electron chi connectivity index (χ1n) is 15.0. The molecule has 0 spiro atoms. The molecule has 2 aromatic heterocycles. The van der Waals surface area contributed by atoms with E-state index in [-0.39, 0.29) is 24.2 Å². The Kier molecular flexibility index (Phi) is 8.34. The summed E-state index contributed by atoms with van der Waals surface area (Å²) in [6, 6.07) is 7.81. The Bertz CT molecular complexity index is 1460. The van der Waals surface area contributed by atoms with Crippen molar-refractivity contribution in [3.05, 3.63) is 52.7 Å². The van der Waals surface area contributed by atoms with Crippen molar-refractivity contribution in [2.75, 3.05) is 64.8 Å². The zero-order valence-electron chi connectivity index (χ0n) is 24.8. The van der Waals surface area contributed by atoms with Gasteiger partial charge in [0.25, 0.3) is 0 Å². The fourth-order valence-corrected chi connectivity index (χ4v) is 7.65. The van der Waals surface area contributed by atoms with E-state index in [0.29, 0.717) is 24.5 Å². The molecular weight excluding hydrogens is 566 g/mol. The van der Waals surface area contributed by atoms with Gasteiger partial charge in [-0.3, -0.25) is 29.3 Å². The Labute approximate surface area is 255 Å². The van der Waals surface area contributed by atoms with E-state index in [0.717, 1.165) is 80.2 Å². The third kappa shape index (κ3) is 6.09. The summed E-state index contributed by atoms with van der Waals surface area (Å²) >= 11 is 1.37. The summed E-state index contributed by atoms with van der Waals surface area (Å²) < 4.78 is 0. The number of benzene rings is 1. The van der Waals surface area contributed by atoms with Gasteiger partial charge in [0, 0.05) is 55.8 Å². The number of carbonyl (C=O) groups is 3. The summed E-state index contributed by atoms with van der Waals surface area (Å²) in [6.45, 7) is 5.61. The zero-order valence-corrected chi connectivity index (χ0v) is 25.6. The first kappa shape index (κ1) is 29.5. The quantitative estimate of drug-likeness (QED) is 0.402. The van der Waals surface area contributed by atoms with Gasteiger partial charge in [-0.05, 0) is 56.9 Å². The van der Waals surface area contributed by atoms with E-state index >= 15 is 0 Å². The number of hydrogen-bond acceptors (Lipinski definition) is 8. The second-order valence-corrected chi connectivity index (χ2v) is 13.1. The van der Waals surface area contributed by atoms with Gasteiger partial charge in [-0.2, -0.15) is 5.10 Å². The maximum atomic E-state index is 13.9. The number of aliphatic carboxylic acids is 1. The first-order valence-corrected chi connectivity index (χ1v) is 15.8. The number of aromatic amines is 1. The van der Waals surface area contributed by atoms with Crippen LogP contribution in [0.1, 0.15) is 42.0 Å². The van der Waals surface area contributed by atoms with Gasteiger partial charge in [-0.15, -0.1) is 11.3 Å². The molecule has 2 N–H and O–H groups in total. The molecule has 3 aliphatic rings. The molecule has 43 heavy (non-hydrogen) atoms. The molecule has 12 heteroatoms. The van der Waals surface area contributed by atoms with Crippen molar-refractivity contribution in [2.45, 2.75) is 38.0 Å². The van der Waals surface area contributed by atoms with Gasteiger partial charge in [0.05, 0.1) is 30.3 Å². The number of carboxylic acid groups (broad SMARTS) is 1. The zero-order chi connectivity index (χ0) is 30.1. The van der Waals surface area contributed by atoms with Crippen LogP contribution in [0.5, 0.6) is 0 Å². The van der Waals surface area contributed by atoms with Crippen LogP contribution in [0.3, 0.4) is 0 Å². The second-order valence-electron chi connectivity index (χ2n) is 12.3. The number of H-pyrrole nitrogens is 1. The Morgan fingerprint density at radius 3 is 2.40 bits per heavy atom. The van der Waals surface area contributed by atoms with E-state index in [2.05, 4.69) is 27.0 Å². The van der Waals surface area contributed by atoms with Gasteiger partial charge in [0.1, 0.15) is 0 Å². The van der Waals surface area contributed by atoms with Gasteiger partial charge in [0.15, 0.2) is 5.13 Å². The van der Waals surface area contributed by atoms with Crippen molar-refractivity contribution in [2.24, 2.45) is 5.41 Å².